The van der Waals surface area contributed by atoms with Crippen LogP contribution < -0.4 is 5.11 Å². The van der Waals surface area contributed by atoms with Crippen molar-refractivity contribution in [1.29, 1.82) is 0 Å². The Morgan fingerprint density at radius 3 is 2.10 bits per heavy atom. The van der Waals surface area contributed by atoms with Crippen LogP contribution >= 0.6 is 0 Å². The highest BCUT2D eigenvalue weighted by Crippen LogP contribution is 2.09. The average Bonchev–Trinajstić information content (AvgIpc) is 2.24. The van der Waals surface area contributed by atoms with Gasteiger partial charge in [0.25, 0.3) is 0 Å². The van der Waals surface area contributed by atoms with Gasteiger partial charge in [0.1, 0.15) is 12.3 Å². The Morgan fingerprint density at radius 1 is 1.05 bits per heavy atom. The summed E-state index contributed by atoms with van der Waals surface area (Å²) in [5.41, 5.74) is 0. The summed E-state index contributed by atoms with van der Waals surface area (Å²) in [6.07, 6.45) is 2.03. The van der Waals surface area contributed by atoms with E-state index in [0.717, 1.165) is 12.8 Å². The molecule has 0 aliphatic heterocycles. The van der Waals surface area contributed by atoms with Crippen molar-refractivity contribution in [2.75, 3.05) is 27.7 Å². The lowest BCUT2D eigenvalue weighted by atomic mass is 10.1. The van der Waals surface area contributed by atoms with Gasteiger partial charge in [0.15, 0.2) is 6.10 Å². The normalized spacial score (nSPS) is 12.8. The number of carboxylic acid groups (broad SMARTS) is 1. The van der Waals surface area contributed by atoms with Gasteiger partial charge in [0.05, 0.1) is 21.1 Å². The molecule has 1 atom stereocenters. The monoisotopic (exact) mass is 301 g/mol. The number of aliphatic carboxylic acids is 1. The summed E-state index contributed by atoms with van der Waals surface area (Å²) in [7, 11) is 5.70. The molecule has 0 aromatic carbocycles. The number of nitrogens with zero attached hydrogens (tertiary/aromatic N) is 1. The van der Waals surface area contributed by atoms with Crippen LogP contribution in [0, 0.1) is 0 Å². The van der Waals surface area contributed by atoms with E-state index in [9.17, 15) is 19.5 Å². The first-order valence-electron chi connectivity index (χ1n) is 7.29. The summed E-state index contributed by atoms with van der Waals surface area (Å²) in [4.78, 5) is 33.2. The van der Waals surface area contributed by atoms with E-state index in [0.29, 0.717) is 23.9 Å². The Bertz CT molecular complexity index is 360. The molecule has 0 amide bonds. The van der Waals surface area contributed by atoms with E-state index < -0.39 is 18.0 Å². The van der Waals surface area contributed by atoms with E-state index in [1.54, 1.807) is 6.92 Å². The summed E-state index contributed by atoms with van der Waals surface area (Å²) in [6, 6.07) is 0. The minimum absolute atomic E-state index is 0.148. The Labute approximate surface area is 126 Å². The number of rotatable bonds is 11. The number of hydrogen-bond donors (Lipinski definition) is 0. The second-order valence-electron chi connectivity index (χ2n) is 6.42. The van der Waals surface area contributed by atoms with Crippen LogP contribution in [0.2, 0.25) is 0 Å². The molecule has 0 N–H and O–H groups in total. The molecule has 0 spiro atoms. The molecule has 0 saturated heterocycles. The topological polar surface area (TPSA) is 83.5 Å². The smallest absolute Gasteiger partial charge is 0.306 e. The molecule has 0 radical (unpaired) electrons. The summed E-state index contributed by atoms with van der Waals surface area (Å²) >= 11 is 0. The van der Waals surface area contributed by atoms with E-state index in [1.807, 2.05) is 21.1 Å². The second-order valence-corrected chi connectivity index (χ2v) is 6.42. The van der Waals surface area contributed by atoms with Crippen LogP contribution in [0.25, 0.3) is 0 Å². The fourth-order valence-electron chi connectivity index (χ4n) is 2.01. The van der Waals surface area contributed by atoms with Crippen molar-refractivity contribution in [3.05, 3.63) is 0 Å². The van der Waals surface area contributed by atoms with E-state index >= 15 is 0 Å². The summed E-state index contributed by atoms with van der Waals surface area (Å²) < 4.78 is 5.73. The number of carbonyl (C=O) groups excluding carboxylic acids is 3. The van der Waals surface area contributed by atoms with Crippen LogP contribution in [0.5, 0.6) is 0 Å². The van der Waals surface area contributed by atoms with Gasteiger partial charge in [-0.1, -0.05) is 6.42 Å². The zero-order chi connectivity index (χ0) is 16.5. The van der Waals surface area contributed by atoms with E-state index in [-0.39, 0.29) is 18.6 Å². The Balaban J connectivity index is 4.09. The van der Waals surface area contributed by atoms with Crippen molar-refractivity contribution in [1.82, 2.24) is 0 Å². The third kappa shape index (κ3) is 13.3. The van der Waals surface area contributed by atoms with E-state index in [4.69, 9.17) is 4.74 Å². The van der Waals surface area contributed by atoms with Gasteiger partial charge in [-0.15, -0.1) is 0 Å². The average molecular weight is 301 g/mol. The van der Waals surface area contributed by atoms with Crippen LogP contribution in [0.4, 0.5) is 0 Å². The zero-order valence-corrected chi connectivity index (χ0v) is 13.5. The molecule has 0 rings (SSSR count). The standard InChI is InChI=1S/C15H27NO5/c1-12(17)8-6-5-7-9-15(20)21-13(10-14(18)19)11-16(2,3)4/h13H,5-11H2,1-4H3. The maximum absolute atomic E-state index is 11.7. The highest BCUT2D eigenvalue weighted by atomic mass is 16.5. The molecule has 0 heterocycles. The SMILES string of the molecule is CC(=O)CCCCCC(=O)OC(CC(=O)[O-])C[N+](C)(C)C. The molecule has 1 unspecified atom stereocenters. The highest BCUT2D eigenvalue weighted by Gasteiger charge is 2.22. The first kappa shape index (κ1) is 19.6. The van der Waals surface area contributed by atoms with Gasteiger partial charge in [-0.3, -0.25) is 4.79 Å². The largest absolute Gasteiger partial charge is 0.550 e. The van der Waals surface area contributed by atoms with Crippen molar-refractivity contribution < 1.29 is 28.7 Å². The minimum Gasteiger partial charge on any atom is -0.550 e. The van der Waals surface area contributed by atoms with Crippen molar-refractivity contribution in [3.63, 3.8) is 0 Å². The van der Waals surface area contributed by atoms with Crippen LogP contribution in [-0.4, -0.2) is 56.0 Å². The van der Waals surface area contributed by atoms with Gasteiger partial charge < -0.3 is 23.9 Å². The molecule has 21 heavy (non-hydrogen) atoms. The van der Waals surface area contributed by atoms with Gasteiger partial charge in [-0.05, 0) is 19.8 Å². The maximum atomic E-state index is 11.7. The predicted octanol–water partition coefficient (Wildman–Crippen LogP) is 0.284. The lowest BCUT2D eigenvalue weighted by Crippen LogP contribution is -2.45. The Kier molecular flexibility index (Phi) is 8.85. The summed E-state index contributed by atoms with van der Waals surface area (Å²) in [6.45, 7) is 1.97. The molecule has 0 aliphatic rings. The number of unbranched alkanes of at least 4 members (excludes halogenated alkanes) is 2. The zero-order valence-electron chi connectivity index (χ0n) is 13.5. The third-order valence-electron chi connectivity index (χ3n) is 2.85. The molecule has 0 aromatic rings. The molecular formula is C15H27NO5. The van der Waals surface area contributed by atoms with Gasteiger partial charge in [0, 0.05) is 25.2 Å². The number of ketones is 1. The molecule has 0 saturated carbocycles. The van der Waals surface area contributed by atoms with Gasteiger partial charge in [-0.2, -0.15) is 0 Å². The molecule has 0 aromatic heterocycles. The Hall–Kier alpha value is -1.43. The fourth-order valence-corrected chi connectivity index (χ4v) is 2.01. The summed E-state index contributed by atoms with van der Waals surface area (Å²) in [5, 5.41) is 10.7. The number of likely N-dealkylation sites (N-methyl/N-ethyl adjacent to an activating group) is 1. The maximum Gasteiger partial charge on any atom is 0.306 e. The Morgan fingerprint density at radius 2 is 1.62 bits per heavy atom. The molecular weight excluding hydrogens is 274 g/mol. The first-order chi connectivity index (χ1) is 9.60. The van der Waals surface area contributed by atoms with E-state index in [1.165, 1.54) is 0 Å². The molecule has 0 aliphatic carbocycles. The van der Waals surface area contributed by atoms with Crippen molar-refractivity contribution in [3.8, 4) is 0 Å². The molecule has 0 bridgehead atoms. The third-order valence-corrected chi connectivity index (χ3v) is 2.85. The highest BCUT2D eigenvalue weighted by molar-refractivity contribution is 5.75. The van der Waals surface area contributed by atoms with Crippen LogP contribution in [0.15, 0.2) is 0 Å². The van der Waals surface area contributed by atoms with Gasteiger partial charge >= 0.3 is 5.97 Å². The number of esters is 1. The fraction of sp³-hybridized carbons (Fsp3) is 0.800. The second kappa shape index (κ2) is 9.50. The van der Waals surface area contributed by atoms with Gasteiger partial charge in [-0.25, -0.2) is 0 Å². The van der Waals surface area contributed by atoms with Crippen molar-refractivity contribution in [2.24, 2.45) is 0 Å². The molecule has 6 nitrogen and oxygen atoms in total. The molecule has 6 heteroatoms. The predicted molar refractivity (Wildman–Crippen MR) is 76.2 cm³/mol. The van der Waals surface area contributed by atoms with Crippen LogP contribution in [-0.2, 0) is 19.1 Å². The number of quaternary nitrogens is 1. The number of carboxylic acids is 1. The molecule has 122 valence electrons. The summed E-state index contributed by atoms with van der Waals surface area (Å²) in [5.74, 6) is -1.46. The molecule has 0 fully saturated rings. The number of carbonyl (C=O) groups is 3. The lowest BCUT2D eigenvalue weighted by molar-refractivity contribution is -0.873. The number of ether oxygens (including phenoxy) is 1. The van der Waals surface area contributed by atoms with Crippen molar-refractivity contribution >= 4 is 17.7 Å². The minimum atomic E-state index is -1.22. The van der Waals surface area contributed by atoms with E-state index in [2.05, 4.69) is 0 Å². The van der Waals surface area contributed by atoms with Crippen LogP contribution in [0.1, 0.15) is 45.4 Å². The number of Topliss-reactive ketones (excluding diaryl/α,β-unsaturated/α-hetero) is 1. The lowest BCUT2D eigenvalue weighted by Gasteiger charge is -2.29. The van der Waals surface area contributed by atoms with Crippen molar-refractivity contribution in [2.45, 2.75) is 51.6 Å². The number of hydrogen-bond acceptors (Lipinski definition) is 5. The van der Waals surface area contributed by atoms with Gasteiger partial charge in [0.2, 0.25) is 0 Å². The quantitative estimate of drug-likeness (QED) is 0.311. The first-order valence-corrected chi connectivity index (χ1v) is 7.29. The van der Waals surface area contributed by atoms with Crippen LogP contribution in [0.3, 0.4) is 0 Å².